The van der Waals surface area contributed by atoms with E-state index in [2.05, 4.69) is 200 Å². The van der Waals surface area contributed by atoms with Gasteiger partial charge in [-0.3, -0.25) is 0 Å². The molecule has 9 aromatic carbocycles. The van der Waals surface area contributed by atoms with Crippen LogP contribution in [-0.2, 0) is 5.41 Å². The van der Waals surface area contributed by atoms with E-state index in [9.17, 15) is 0 Å². The van der Waals surface area contributed by atoms with Gasteiger partial charge in [0.1, 0.15) is 0 Å². The third-order valence-electron chi connectivity index (χ3n) is 13.7. The molecule has 2 aliphatic rings. The zero-order valence-corrected chi connectivity index (χ0v) is 34.6. The lowest BCUT2D eigenvalue weighted by molar-refractivity contribution is 0.353. The molecule has 0 N–H and O–H groups in total. The summed E-state index contributed by atoms with van der Waals surface area (Å²) in [5.41, 5.74) is 18.1. The maximum absolute atomic E-state index is 5.39. The summed E-state index contributed by atoms with van der Waals surface area (Å²) in [5, 5.41) is 5.00. The Morgan fingerprint density at radius 2 is 0.919 bits per heavy atom. The molecular weight excluding hydrogens is 749 g/mol. The zero-order chi connectivity index (χ0) is 41.0. The molecule has 0 aliphatic heterocycles. The monoisotopic (exact) mass is 792 g/mol. The minimum atomic E-state index is 0.0841. The van der Waals surface area contributed by atoms with E-state index in [1.807, 2.05) is 6.07 Å². The Morgan fingerprint density at radius 1 is 0.323 bits per heavy atom. The van der Waals surface area contributed by atoms with E-state index in [0.29, 0.717) is 5.82 Å². The van der Waals surface area contributed by atoms with Gasteiger partial charge in [0.2, 0.25) is 0 Å². The first kappa shape index (κ1) is 36.4. The highest BCUT2D eigenvalue weighted by Gasteiger charge is 2.44. The van der Waals surface area contributed by atoms with Crippen molar-refractivity contribution in [2.24, 2.45) is 0 Å². The van der Waals surface area contributed by atoms with Gasteiger partial charge in [0.15, 0.2) is 5.82 Å². The minimum absolute atomic E-state index is 0.0841. The van der Waals surface area contributed by atoms with Crippen molar-refractivity contribution < 1.29 is 0 Å². The fourth-order valence-corrected chi connectivity index (χ4v) is 10.7. The maximum atomic E-state index is 5.39. The number of hydrogen-bond acceptors (Lipinski definition) is 2. The molecule has 0 radical (unpaired) electrons. The number of aromatic nitrogens is 2. The Morgan fingerprint density at radius 3 is 1.68 bits per heavy atom. The average molecular weight is 793 g/mol. The van der Waals surface area contributed by atoms with E-state index in [0.717, 1.165) is 44.8 Å². The number of fused-ring (bicyclic) bond motifs is 7. The lowest BCUT2D eigenvalue weighted by Crippen LogP contribution is -2.28. The quantitative estimate of drug-likeness (QED) is 0.168. The average Bonchev–Trinajstić information content (AvgIpc) is 3.60. The van der Waals surface area contributed by atoms with Crippen LogP contribution in [0.15, 0.2) is 206 Å². The van der Waals surface area contributed by atoms with Crippen LogP contribution in [0, 0.1) is 0 Å². The van der Waals surface area contributed by atoms with Gasteiger partial charge in [0, 0.05) is 22.1 Å². The van der Waals surface area contributed by atoms with E-state index in [1.54, 1.807) is 0 Å². The molecular formula is C60H44N2. The van der Waals surface area contributed by atoms with Crippen molar-refractivity contribution in [3.63, 3.8) is 0 Å². The highest BCUT2D eigenvalue weighted by molar-refractivity contribution is 6.04. The standard InChI is InChI=1S/C60H44N2/c1-4-16-40(17-5-1)45-23-14-24-48(36-45)55-39-56(62-59(61-55)44-19-6-2-7-20-44)58-50-25-11-10-18-41(50)32-33-51(58)43-30-28-42(29-31-43)49-26-15-27-53-57(49)52-37-46-21-8-9-22-47(46)38-54(52)60(53)34-12-3-13-35-60/h1-2,4-11,14-33,36-39H,3,12-13,34-35H2. The van der Waals surface area contributed by atoms with Crippen LogP contribution in [0.2, 0.25) is 0 Å². The molecule has 1 saturated carbocycles. The molecule has 0 atom stereocenters. The molecule has 2 heteroatoms. The largest absolute Gasteiger partial charge is 0.228 e. The van der Waals surface area contributed by atoms with Crippen molar-refractivity contribution in [2.75, 3.05) is 0 Å². The fraction of sp³-hybridized carbons (Fsp3) is 0.100. The second kappa shape index (κ2) is 14.9. The van der Waals surface area contributed by atoms with Crippen LogP contribution < -0.4 is 0 Å². The lowest BCUT2D eigenvalue weighted by atomic mass is 9.67. The highest BCUT2D eigenvalue weighted by Crippen LogP contribution is 2.58. The first-order valence-electron chi connectivity index (χ1n) is 22.1. The van der Waals surface area contributed by atoms with Gasteiger partial charge < -0.3 is 0 Å². The Bertz CT molecular complexity index is 3300. The molecule has 62 heavy (non-hydrogen) atoms. The predicted octanol–water partition coefficient (Wildman–Crippen LogP) is 16.0. The van der Waals surface area contributed by atoms with Crippen molar-refractivity contribution in [3.8, 4) is 78.4 Å². The molecule has 1 spiro atoms. The van der Waals surface area contributed by atoms with Crippen molar-refractivity contribution >= 4 is 21.5 Å². The first-order chi connectivity index (χ1) is 30.7. The molecule has 1 aromatic heterocycles. The van der Waals surface area contributed by atoms with Gasteiger partial charge in [0.05, 0.1) is 11.4 Å². The third-order valence-corrected chi connectivity index (χ3v) is 13.7. The van der Waals surface area contributed by atoms with Gasteiger partial charge in [-0.25, -0.2) is 9.97 Å². The van der Waals surface area contributed by atoms with E-state index >= 15 is 0 Å². The van der Waals surface area contributed by atoms with E-state index in [4.69, 9.17) is 9.97 Å². The second-order valence-corrected chi connectivity index (χ2v) is 17.2. The van der Waals surface area contributed by atoms with Crippen LogP contribution >= 0.6 is 0 Å². The third kappa shape index (κ3) is 6.09. The smallest absolute Gasteiger partial charge is 0.160 e. The normalized spacial score (nSPS) is 13.9. The molecule has 0 saturated heterocycles. The Kier molecular flexibility index (Phi) is 8.78. The Balaban J connectivity index is 1.01. The van der Waals surface area contributed by atoms with Crippen LogP contribution in [0.1, 0.15) is 43.2 Å². The minimum Gasteiger partial charge on any atom is -0.228 e. The molecule has 10 aromatic rings. The van der Waals surface area contributed by atoms with Gasteiger partial charge in [-0.1, -0.05) is 201 Å². The Labute approximate surface area is 363 Å². The fourth-order valence-electron chi connectivity index (χ4n) is 10.7. The SMILES string of the molecule is c1ccc(-c2cccc(-c3cc(-c4c(-c5ccc(-c6cccc7c6-c6cc8ccccc8cc6C76CCCCC6)cc5)ccc5ccccc45)nc(-c4ccccc4)n3)c2)cc1. The van der Waals surface area contributed by atoms with Crippen molar-refractivity contribution in [2.45, 2.75) is 37.5 Å². The van der Waals surface area contributed by atoms with Crippen LogP contribution in [0.5, 0.6) is 0 Å². The van der Waals surface area contributed by atoms with E-state index in [-0.39, 0.29) is 5.41 Å². The summed E-state index contributed by atoms with van der Waals surface area (Å²) in [5.74, 6) is 0.708. The van der Waals surface area contributed by atoms with Crippen LogP contribution in [0.3, 0.4) is 0 Å². The van der Waals surface area contributed by atoms with Crippen LogP contribution in [0.25, 0.3) is 100.0 Å². The summed E-state index contributed by atoms with van der Waals surface area (Å²) in [6.45, 7) is 0. The van der Waals surface area contributed by atoms with Crippen LogP contribution in [0.4, 0.5) is 0 Å². The van der Waals surface area contributed by atoms with Gasteiger partial charge in [-0.05, 0) is 114 Å². The number of rotatable bonds is 6. The maximum Gasteiger partial charge on any atom is 0.160 e. The molecule has 12 rings (SSSR count). The first-order valence-corrected chi connectivity index (χ1v) is 22.1. The van der Waals surface area contributed by atoms with Crippen molar-refractivity contribution in [1.82, 2.24) is 9.97 Å². The van der Waals surface area contributed by atoms with E-state index in [1.165, 1.54) is 92.6 Å². The van der Waals surface area contributed by atoms with Gasteiger partial charge >= 0.3 is 0 Å². The summed E-state index contributed by atoms with van der Waals surface area (Å²) in [6, 6.07) is 75.3. The number of benzene rings is 9. The molecule has 1 heterocycles. The summed E-state index contributed by atoms with van der Waals surface area (Å²) in [4.78, 5) is 10.6. The summed E-state index contributed by atoms with van der Waals surface area (Å²) in [7, 11) is 0. The highest BCUT2D eigenvalue weighted by atomic mass is 14.9. The van der Waals surface area contributed by atoms with Gasteiger partial charge in [-0.15, -0.1) is 0 Å². The summed E-state index contributed by atoms with van der Waals surface area (Å²) < 4.78 is 0. The molecule has 294 valence electrons. The zero-order valence-electron chi connectivity index (χ0n) is 34.6. The number of hydrogen-bond donors (Lipinski definition) is 0. The molecule has 0 bridgehead atoms. The number of nitrogens with zero attached hydrogens (tertiary/aromatic N) is 2. The summed E-state index contributed by atoms with van der Waals surface area (Å²) in [6.07, 6.45) is 6.31. The lowest BCUT2D eigenvalue weighted by Gasteiger charge is -2.36. The molecule has 0 amide bonds. The van der Waals surface area contributed by atoms with Gasteiger partial charge in [0.25, 0.3) is 0 Å². The second-order valence-electron chi connectivity index (χ2n) is 17.2. The predicted molar refractivity (Wildman–Crippen MR) is 259 cm³/mol. The van der Waals surface area contributed by atoms with Gasteiger partial charge in [-0.2, -0.15) is 0 Å². The molecule has 2 nitrogen and oxygen atoms in total. The molecule has 1 fully saturated rings. The Hall–Kier alpha value is -7.42. The van der Waals surface area contributed by atoms with Crippen molar-refractivity contribution in [1.29, 1.82) is 0 Å². The topological polar surface area (TPSA) is 25.8 Å². The molecule has 0 unspecified atom stereocenters. The van der Waals surface area contributed by atoms with Crippen LogP contribution in [-0.4, -0.2) is 9.97 Å². The van der Waals surface area contributed by atoms with E-state index < -0.39 is 0 Å². The summed E-state index contributed by atoms with van der Waals surface area (Å²) >= 11 is 0. The van der Waals surface area contributed by atoms with Crippen molar-refractivity contribution in [3.05, 3.63) is 217 Å². The molecule has 2 aliphatic carbocycles.